The number of nitrogens with zero attached hydrogens (tertiary/aromatic N) is 2. The van der Waals surface area contributed by atoms with Crippen LogP contribution in [0.25, 0.3) is 0 Å². The van der Waals surface area contributed by atoms with Gasteiger partial charge >= 0.3 is 0 Å². The molecule has 0 bridgehead atoms. The predicted molar refractivity (Wildman–Crippen MR) is 131 cm³/mol. The highest BCUT2D eigenvalue weighted by Crippen LogP contribution is 2.30. The molecule has 34 heavy (non-hydrogen) atoms. The molecular formula is C28H26N4O2. The zero-order valence-corrected chi connectivity index (χ0v) is 19.1. The SMILES string of the molecule is Cc1ccccc1C(=O)N[C@@H](c1ccncc1)[C@@H](NC(=O)c1ccccc1C)c1ccncc1. The van der Waals surface area contributed by atoms with Crippen molar-refractivity contribution in [2.45, 2.75) is 25.9 Å². The molecule has 0 radical (unpaired) electrons. The molecule has 170 valence electrons. The Morgan fingerprint density at radius 1 is 0.588 bits per heavy atom. The highest BCUT2D eigenvalue weighted by atomic mass is 16.2. The normalized spacial score (nSPS) is 12.4. The standard InChI is InChI=1S/C28H26N4O2/c1-19-7-3-5-9-23(19)27(33)31-25(21-11-15-29-16-12-21)26(22-13-17-30-18-14-22)32-28(34)24-10-6-4-8-20(24)2/h3-18,25-26H,1-2H3,(H,31,33)(H,32,34)/t25-,26-/m0/s1. The van der Waals surface area contributed by atoms with Crippen LogP contribution in [0.4, 0.5) is 0 Å². The van der Waals surface area contributed by atoms with E-state index in [1.807, 2.05) is 74.5 Å². The third kappa shape index (κ3) is 5.18. The second-order valence-corrected chi connectivity index (χ2v) is 8.09. The van der Waals surface area contributed by atoms with E-state index in [0.717, 1.165) is 22.3 Å². The molecule has 6 heteroatoms. The number of aromatic nitrogens is 2. The maximum Gasteiger partial charge on any atom is 0.252 e. The predicted octanol–water partition coefficient (Wildman–Crippen LogP) is 4.74. The molecular weight excluding hydrogens is 424 g/mol. The van der Waals surface area contributed by atoms with Crippen LogP contribution in [-0.2, 0) is 0 Å². The minimum Gasteiger partial charge on any atom is -0.343 e. The lowest BCUT2D eigenvalue weighted by molar-refractivity contribution is 0.0881. The minimum absolute atomic E-state index is 0.218. The van der Waals surface area contributed by atoms with Crippen molar-refractivity contribution in [2.24, 2.45) is 0 Å². The Bertz CT molecular complexity index is 1170. The summed E-state index contributed by atoms with van der Waals surface area (Å²) in [7, 11) is 0. The quantitative estimate of drug-likeness (QED) is 0.426. The zero-order chi connectivity index (χ0) is 23.9. The van der Waals surface area contributed by atoms with Crippen LogP contribution in [0.1, 0.15) is 55.1 Å². The van der Waals surface area contributed by atoms with Crippen LogP contribution in [-0.4, -0.2) is 21.8 Å². The summed E-state index contributed by atoms with van der Waals surface area (Å²) in [4.78, 5) is 34.9. The maximum absolute atomic E-state index is 13.3. The molecule has 2 aromatic carbocycles. The van der Waals surface area contributed by atoms with Crippen LogP contribution < -0.4 is 10.6 Å². The summed E-state index contributed by atoms with van der Waals surface area (Å²) < 4.78 is 0. The van der Waals surface area contributed by atoms with Crippen molar-refractivity contribution in [2.75, 3.05) is 0 Å². The molecule has 4 aromatic rings. The molecule has 2 atom stereocenters. The van der Waals surface area contributed by atoms with Crippen molar-refractivity contribution in [1.82, 2.24) is 20.6 Å². The third-order valence-electron chi connectivity index (χ3n) is 5.82. The van der Waals surface area contributed by atoms with Crippen LogP contribution in [0.15, 0.2) is 97.6 Å². The summed E-state index contributed by atoms with van der Waals surface area (Å²) in [6.45, 7) is 3.80. The van der Waals surface area contributed by atoms with E-state index in [-0.39, 0.29) is 11.8 Å². The Hall–Kier alpha value is -4.32. The number of benzene rings is 2. The first kappa shape index (κ1) is 22.9. The van der Waals surface area contributed by atoms with E-state index in [4.69, 9.17) is 0 Å². The molecule has 6 nitrogen and oxygen atoms in total. The molecule has 0 aliphatic rings. The maximum atomic E-state index is 13.3. The average Bonchev–Trinajstić information content (AvgIpc) is 2.87. The summed E-state index contributed by atoms with van der Waals surface area (Å²) in [5.41, 5.74) is 4.56. The summed E-state index contributed by atoms with van der Waals surface area (Å²) in [6.07, 6.45) is 6.70. The van der Waals surface area contributed by atoms with Gasteiger partial charge < -0.3 is 10.6 Å². The Balaban J connectivity index is 1.75. The van der Waals surface area contributed by atoms with E-state index in [0.29, 0.717) is 11.1 Å². The molecule has 0 saturated heterocycles. The summed E-state index contributed by atoms with van der Waals surface area (Å²) >= 11 is 0. The first-order valence-corrected chi connectivity index (χ1v) is 11.1. The number of hydrogen-bond acceptors (Lipinski definition) is 4. The third-order valence-corrected chi connectivity index (χ3v) is 5.82. The van der Waals surface area contributed by atoms with Gasteiger partial charge in [0.25, 0.3) is 11.8 Å². The van der Waals surface area contributed by atoms with Gasteiger partial charge in [-0.25, -0.2) is 0 Å². The second-order valence-electron chi connectivity index (χ2n) is 8.09. The second kappa shape index (κ2) is 10.5. The Morgan fingerprint density at radius 2 is 0.941 bits per heavy atom. The van der Waals surface area contributed by atoms with Gasteiger partial charge in [0, 0.05) is 35.9 Å². The topological polar surface area (TPSA) is 84.0 Å². The largest absolute Gasteiger partial charge is 0.343 e. The van der Waals surface area contributed by atoms with Crippen LogP contribution in [0.3, 0.4) is 0 Å². The highest BCUT2D eigenvalue weighted by molar-refractivity contribution is 5.97. The van der Waals surface area contributed by atoms with Gasteiger partial charge in [-0.2, -0.15) is 0 Å². The van der Waals surface area contributed by atoms with Crippen molar-refractivity contribution >= 4 is 11.8 Å². The molecule has 0 unspecified atom stereocenters. The molecule has 2 N–H and O–H groups in total. The molecule has 0 fully saturated rings. The van der Waals surface area contributed by atoms with E-state index in [2.05, 4.69) is 20.6 Å². The molecule has 4 rings (SSSR count). The van der Waals surface area contributed by atoms with Gasteiger partial charge in [-0.1, -0.05) is 36.4 Å². The van der Waals surface area contributed by atoms with Crippen molar-refractivity contribution < 1.29 is 9.59 Å². The number of nitrogens with one attached hydrogen (secondary N) is 2. The van der Waals surface area contributed by atoms with Gasteiger partial charge in [0.15, 0.2) is 0 Å². The molecule has 0 aliphatic heterocycles. The first-order valence-electron chi connectivity index (χ1n) is 11.1. The molecule has 2 amide bonds. The van der Waals surface area contributed by atoms with Gasteiger partial charge in [0.05, 0.1) is 12.1 Å². The van der Waals surface area contributed by atoms with Crippen molar-refractivity contribution in [3.05, 3.63) is 131 Å². The van der Waals surface area contributed by atoms with Crippen molar-refractivity contribution in [3.63, 3.8) is 0 Å². The summed E-state index contributed by atoms with van der Waals surface area (Å²) in [5, 5.41) is 6.32. The fourth-order valence-electron chi connectivity index (χ4n) is 3.95. The number of carbonyl (C=O) groups is 2. The number of aryl methyl sites for hydroxylation is 2. The Labute approximate surface area is 199 Å². The smallest absolute Gasteiger partial charge is 0.252 e. The van der Waals surface area contributed by atoms with Crippen LogP contribution >= 0.6 is 0 Å². The van der Waals surface area contributed by atoms with Gasteiger partial charge in [-0.3, -0.25) is 19.6 Å². The first-order chi connectivity index (χ1) is 16.5. The number of pyridine rings is 2. The van der Waals surface area contributed by atoms with E-state index < -0.39 is 12.1 Å². The summed E-state index contributed by atoms with van der Waals surface area (Å²) in [5.74, 6) is -0.437. The number of amides is 2. The minimum atomic E-state index is -0.550. The van der Waals surface area contributed by atoms with Gasteiger partial charge in [0.2, 0.25) is 0 Å². The molecule has 2 heterocycles. The van der Waals surface area contributed by atoms with E-state index >= 15 is 0 Å². The highest BCUT2D eigenvalue weighted by Gasteiger charge is 2.29. The summed E-state index contributed by atoms with van der Waals surface area (Å²) in [6, 6.07) is 21.1. The van der Waals surface area contributed by atoms with Crippen LogP contribution in [0.2, 0.25) is 0 Å². The van der Waals surface area contributed by atoms with Gasteiger partial charge in [-0.15, -0.1) is 0 Å². The van der Waals surface area contributed by atoms with Gasteiger partial charge in [-0.05, 0) is 72.5 Å². The lowest BCUT2D eigenvalue weighted by Crippen LogP contribution is -2.41. The fraction of sp³-hybridized carbons (Fsp3) is 0.143. The monoisotopic (exact) mass is 450 g/mol. The number of rotatable bonds is 7. The number of carbonyl (C=O) groups excluding carboxylic acids is 2. The van der Waals surface area contributed by atoms with Gasteiger partial charge in [0.1, 0.15) is 0 Å². The van der Waals surface area contributed by atoms with Crippen molar-refractivity contribution in [1.29, 1.82) is 0 Å². The molecule has 2 aromatic heterocycles. The van der Waals surface area contributed by atoms with Crippen LogP contribution in [0.5, 0.6) is 0 Å². The fourth-order valence-corrected chi connectivity index (χ4v) is 3.95. The molecule has 0 aliphatic carbocycles. The lowest BCUT2D eigenvalue weighted by Gasteiger charge is -2.30. The van der Waals surface area contributed by atoms with E-state index in [1.54, 1.807) is 36.9 Å². The molecule has 0 spiro atoms. The molecule has 0 saturated carbocycles. The Morgan fingerprint density at radius 3 is 1.29 bits per heavy atom. The zero-order valence-electron chi connectivity index (χ0n) is 19.1. The lowest BCUT2D eigenvalue weighted by atomic mass is 9.93. The van der Waals surface area contributed by atoms with Crippen LogP contribution in [0, 0.1) is 13.8 Å². The Kier molecular flexibility index (Phi) is 7.08. The number of hydrogen-bond donors (Lipinski definition) is 2. The van der Waals surface area contributed by atoms with E-state index in [9.17, 15) is 9.59 Å². The average molecular weight is 451 g/mol. The van der Waals surface area contributed by atoms with Crippen molar-refractivity contribution in [3.8, 4) is 0 Å². The van der Waals surface area contributed by atoms with E-state index in [1.165, 1.54) is 0 Å².